The average molecular weight is 805 g/mol. The minimum atomic E-state index is 0.626. The van der Waals surface area contributed by atoms with Crippen LogP contribution in [0.3, 0.4) is 0 Å². The lowest BCUT2D eigenvalue weighted by atomic mass is 10.00. The van der Waals surface area contributed by atoms with Crippen molar-refractivity contribution in [2.75, 3.05) is 0 Å². The van der Waals surface area contributed by atoms with Gasteiger partial charge in [0.2, 0.25) is 0 Å². The van der Waals surface area contributed by atoms with Crippen molar-refractivity contribution in [2.24, 2.45) is 0 Å². The number of rotatable bonds is 6. The van der Waals surface area contributed by atoms with Crippen molar-refractivity contribution >= 4 is 65.4 Å². The molecule has 1 N–H and O–H groups in total. The Labute approximate surface area is 362 Å². The molecule has 6 nitrogen and oxygen atoms in total. The minimum Gasteiger partial charge on any atom is -0.352 e. The first-order valence-electron chi connectivity index (χ1n) is 21.3. The predicted octanol–water partition coefficient (Wildman–Crippen LogP) is 14.4. The quantitative estimate of drug-likeness (QED) is 0.182. The zero-order chi connectivity index (χ0) is 41.4. The molecule has 0 spiro atoms. The molecule has 0 amide bonds. The molecular weight excluding hydrogens is 769 g/mol. The van der Waals surface area contributed by atoms with Crippen LogP contribution in [0.5, 0.6) is 0 Å². The first-order chi connectivity index (χ1) is 31.3. The first-order valence-corrected chi connectivity index (χ1v) is 21.3. The van der Waals surface area contributed by atoms with Crippen LogP contribution in [0.2, 0.25) is 0 Å². The monoisotopic (exact) mass is 804 g/mol. The van der Waals surface area contributed by atoms with E-state index in [0.717, 1.165) is 61.1 Å². The van der Waals surface area contributed by atoms with Gasteiger partial charge in [-0.2, -0.15) is 0 Å². The van der Waals surface area contributed by atoms with E-state index in [-0.39, 0.29) is 0 Å². The van der Waals surface area contributed by atoms with Gasteiger partial charge in [0.05, 0.1) is 38.8 Å². The van der Waals surface area contributed by atoms with Crippen LogP contribution in [0.1, 0.15) is 0 Å². The zero-order valence-corrected chi connectivity index (χ0v) is 33.9. The van der Waals surface area contributed by atoms with Gasteiger partial charge in [0.15, 0.2) is 17.5 Å². The van der Waals surface area contributed by atoms with E-state index >= 15 is 0 Å². The van der Waals surface area contributed by atoms with E-state index in [9.17, 15) is 0 Å². The molecule has 13 rings (SSSR count). The largest absolute Gasteiger partial charge is 0.352 e. The molecule has 294 valence electrons. The Morgan fingerprint density at radius 3 is 1.43 bits per heavy atom. The molecule has 0 bridgehead atoms. The SMILES string of the molecule is c1ccc(-c2nc(-c3ccccc3)nc(-c3cccc(-c4cccc5c4[nH]c4c(-n6c7ccccc7c7ccc8c9ccccc9n(-c9ccccc9)c8c76)cccc45)c3)n2)cc1. The van der Waals surface area contributed by atoms with Crippen LogP contribution in [0.4, 0.5) is 0 Å². The number of fused-ring (bicyclic) bond motifs is 10. The Morgan fingerprint density at radius 1 is 0.317 bits per heavy atom. The summed E-state index contributed by atoms with van der Waals surface area (Å²) in [4.78, 5) is 19.0. The number of nitrogens with one attached hydrogen (secondary N) is 1. The van der Waals surface area contributed by atoms with Crippen molar-refractivity contribution in [3.05, 3.63) is 212 Å². The number of H-pyrrole nitrogens is 1. The van der Waals surface area contributed by atoms with Gasteiger partial charge in [-0.3, -0.25) is 0 Å². The molecule has 0 fully saturated rings. The number of hydrogen-bond donors (Lipinski definition) is 1. The summed E-state index contributed by atoms with van der Waals surface area (Å²) in [6.45, 7) is 0. The summed E-state index contributed by atoms with van der Waals surface area (Å²) in [5.74, 6) is 1.91. The van der Waals surface area contributed by atoms with Gasteiger partial charge in [-0.05, 0) is 42.0 Å². The highest BCUT2D eigenvalue weighted by atomic mass is 15.1. The normalized spacial score (nSPS) is 11.8. The van der Waals surface area contributed by atoms with Gasteiger partial charge >= 0.3 is 0 Å². The number of aromatic nitrogens is 6. The fourth-order valence-corrected chi connectivity index (χ4v) is 9.72. The number of aromatic amines is 1. The number of para-hydroxylation sites is 5. The highest BCUT2D eigenvalue weighted by Crippen LogP contribution is 2.44. The summed E-state index contributed by atoms with van der Waals surface area (Å²) in [6.07, 6.45) is 0. The lowest BCUT2D eigenvalue weighted by Gasteiger charge is -2.13. The van der Waals surface area contributed by atoms with E-state index in [0.29, 0.717) is 17.5 Å². The third-order valence-electron chi connectivity index (χ3n) is 12.5. The summed E-state index contributed by atoms with van der Waals surface area (Å²) >= 11 is 0. The lowest BCUT2D eigenvalue weighted by molar-refractivity contribution is 1.07. The van der Waals surface area contributed by atoms with E-state index in [2.05, 4.69) is 166 Å². The Hall–Kier alpha value is -8.61. The van der Waals surface area contributed by atoms with Crippen molar-refractivity contribution in [1.82, 2.24) is 29.1 Å². The van der Waals surface area contributed by atoms with E-state index in [1.54, 1.807) is 0 Å². The molecule has 4 heterocycles. The van der Waals surface area contributed by atoms with Gasteiger partial charge in [0.25, 0.3) is 0 Å². The third-order valence-corrected chi connectivity index (χ3v) is 12.5. The summed E-state index contributed by atoms with van der Waals surface area (Å²) < 4.78 is 4.93. The summed E-state index contributed by atoms with van der Waals surface area (Å²) in [6, 6.07) is 75.0. The lowest BCUT2D eigenvalue weighted by Crippen LogP contribution is -2.00. The second-order valence-corrected chi connectivity index (χ2v) is 16.1. The van der Waals surface area contributed by atoms with E-state index < -0.39 is 0 Å². The second kappa shape index (κ2) is 14.0. The molecule has 0 unspecified atom stereocenters. The smallest absolute Gasteiger partial charge is 0.164 e. The maximum absolute atomic E-state index is 5.05. The molecule has 0 aliphatic heterocycles. The Kier molecular flexibility index (Phi) is 7.80. The van der Waals surface area contributed by atoms with Crippen LogP contribution in [-0.2, 0) is 0 Å². The standard InChI is InChI=1S/C57H36N6/c1-4-17-36(18-5-1)55-59-56(37-19-6-2-7-20-37)61-57(60-55)39-22-14-21-38(35-39)41-27-15-28-44-45-29-16-32-50(52(45)58-51(41)44)63-49-31-13-11-26-43(49)47-34-33-46-42-25-10-12-30-48(42)62(53(46)54(47)63)40-23-8-3-9-24-40/h1-35,58H. The van der Waals surface area contributed by atoms with Crippen molar-refractivity contribution < 1.29 is 0 Å². The molecular formula is C57H36N6. The topological polar surface area (TPSA) is 64.3 Å². The molecule has 9 aromatic carbocycles. The van der Waals surface area contributed by atoms with Crippen LogP contribution < -0.4 is 0 Å². The van der Waals surface area contributed by atoms with Crippen LogP contribution in [0, 0.1) is 0 Å². The van der Waals surface area contributed by atoms with E-state index in [4.69, 9.17) is 15.0 Å². The molecule has 0 saturated carbocycles. The summed E-state index contributed by atoms with van der Waals surface area (Å²) in [5.41, 5.74) is 14.1. The summed E-state index contributed by atoms with van der Waals surface area (Å²) in [5, 5.41) is 7.22. The Balaban J connectivity index is 1.03. The van der Waals surface area contributed by atoms with Crippen molar-refractivity contribution in [2.45, 2.75) is 0 Å². The molecule has 4 aromatic heterocycles. The minimum absolute atomic E-state index is 0.626. The van der Waals surface area contributed by atoms with E-state index in [1.807, 2.05) is 60.7 Å². The molecule has 0 aliphatic carbocycles. The van der Waals surface area contributed by atoms with Gasteiger partial charge < -0.3 is 14.1 Å². The fraction of sp³-hybridized carbons (Fsp3) is 0. The van der Waals surface area contributed by atoms with Crippen molar-refractivity contribution in [3.8, 4) is 56.7 Å². The average Bonchev–Trinajstić information content (AvgIpc) is 4.03. The van der Waals surface area contributed by atoms with Gasteiger partial charge in [-0.1, -0.05) is 176 Å². The van der Waals surface area contributed by atoms with Gasteiger partial charge in [-0.25, -0.2) is 15.0 Å². The van der Waals surface area contributed by atoms with Gasteiger partial charge in [0.1, 0.15) is 0 Å². The zero-order valence-electron chi connectivity index (χ0n) is 33.9. The number of hydrogen-bond acceptors (Lipinski definition) is 3. The molecule has 63 heavy (non-hydrogen) atoms. The first kappa shape index (κ1) is 35.2. The van der Waals surface area contributed by atoms with Crippen LogP contribution in [0.15, 0.2) is 212 Å². The fourth-order valence-electron chi connectivity index (χ4n) is 9.72. The molecule has 0 radical (unpaired) electrons. The van der Waals surface area contributed by atoms with Crippen LogP contribution in [-0.4, -0.2) is 29.1 Å². The molecule has 6 heteroatoms. The number of benzene rings is 9. The van der Waals surface area contributed by atoms with Crippen LogP contribution >= 0.6 is 0 Å². The van der Waals surface area contributed by atoms with Crippen molar-refractivity contribution in [3.63, 3.8) is 0 Å². The highest BCUT2D eigenvalue weighted by molar-refractivity contribution is 6.24. The Morgan fingerprint density at radius 2 is 0.778 bits per heavy atom. The van der Waals surface area contributed by atoms with Gasteiger partial charge in [0, 0.05) is 60.3 Å². The number of nitrogens with zero attached hydrogens (tertiary/aromatic N) is 5. The Bertz CT molecular complexity index is 3840. The van der Waals surface area contributed by atoms with Crippen LogP contribution in [0.25, 0.3) is 122 Å². The molecule has 13 aromatic rings. The molecule has 0 atom stereocenters. The molecule has 0 aliphatic rings. The van der Waals surface area contributed by atoms with Gasteiger partial charge in [-0.15, -0.1) is 0 Å². The highest BCUT2D eigenvalue weighted by Gasteiger charge is 2.23. The second-order valence-electron chi connectivity index (χ2n) is 16.1. The maximum Gasteiger partial charge on any atom is 0.164 e. The maximum atomic E-state index is 5.05. The molecule has 0 saturated heterocycles. The van der Waals surface area contributed by atoms with Crippen molar-refractivity contribution in [1.29, 1.82) is 0 Å². The predicted molar refractivity (Wildman–Crippen MR) is 260 cm³/mol. The third kappa shape index (κ3) is 5.48. The van der Waals surface area contributed by atoms with E-state index in [1.165, 1.54) is 43.5 Å². The summed E-state index contributed by atoms with van der Waals surface area (Å²) in [7, 11) is 0.